The predicted molar refractivity (Wildman–Crippen MR) is 104 cm³/mol. The first kappa shape index (κ1) is 19.5. The molecule has 0 radical (unpaired) electrons. The number of anilines is 2. The van der Waals surface area contributed by atoms with E-state index in [0.29, 0.717) is 12.8 Å². The van der Waals surface area contributed by atoms with Crippen LogP contribution in [0.1, 0.15) is 48.6 Å². The van der Waals surface area contributed by atoms with Crippen molar-refractivity contribution >= 4 is 11.8 Å². The van der Waals surface area contributed by atoms with Crippen LogP contribution in [0, 0.1) is 18.3 Å². The number of aryl methyl sites for hydroxylation is 1. The third kappa shape index (κ3) is 5.09. The standard InChI is InChI=1S/C20H27N5O/c1-4-5-6-11-23-19-17(14(2)24-20(22)25-19)13-16-8-7-15(9-10-21)12-18(16)26-3/h7-8,12H,4-6,9,11,13H2,1-3H3,(H3,22,23,24,25). The van der Waals surface area contributed by atoms with Crippen LogP contribution in [0.2, 0.25) is 0 Å². The molecule has 0 unspecified atom stereocenters. The van der Waals surface area contributed by atoms with E-state index >= 15 is 0 Å². The van der Waals surface area contributed by atoms with Crippen molar-refractivity contribution < 1.29 is 4.74 Å². The van der Waals surface area contributed by atoms with Gasteiger partial charge < -0.3 is 15.8 Å². The molecule has 0 saturated heterocycles. The molecule has 2 aromatic rings. The maximum atomic E-state index is 8.88. The molecule has 0 atom stereocenters. The quantitative estimate of drug-likeness (QED) is 0.668. The molecule has 0 spiro atoms. The Balaban J connectivity index is 2.29. The molecule has 0 aliphatic carbocycles. The van der Waals surface area contributed by atoms with E-state index in [1.807, 2.05) is 25.1 Å². The number of nitrogen functional groups attached to an aromatic ring is 1. The van der Waals surface area contributed by atoms with Gasteiger partial charge in [0.1, 0.15) is 11.6 Å². The molecule has 6 nitrogen and oxygen atoms in total. The molecule has 0 bridgehead atoms. The zero-order valence-corrected chi connectivity index (χ0v) is 15.8. The third-order valence-corrected chi connectivity index (χ3v) is 4.31. The van der Waals surface area contributed by atoms with Crippen LogP contribution in [0.4, 0.5) is 11.8 Å². The van der Waals surface area contributed by atoms with E-state index in [1.165, 1.54) is 12.8 Å². The van der Waals surface area contributed by atoms with Gasteiger partial charge >= 0.3 is 0 Å². The zero-order valence-electron chi connectivity index (χ0n) is 15.8. The molecular weight excluding hydrogens is 326 g/mol. The number of methoxy groups -OCH3 is 1. The van der Waals surface area contributed by atoms with E-state index in [9.17, 15) is 0 Å². The summed E-state index contributed by atoms with van der Waals surface area (Å²) in [4.78, 5) is 8.72. The van der Waals surface area contributed by atoms with Gasteiger partial charge in [0.25, 0.3) is 0 Å². The highest BCUT2D eigenvalue weighted by atomic mass is 16.5. The third-order valence-electron chi connectivity index (χ3n) is 4.31. The molecular formula is C20H27N5O. The SMILES string of the molecule is CCCCCNc1nc(N)nc(C)c1Cc1ccc(CC#N)cc1OC. The van der Waals surface area contributed by atoms with Crippen molar-refractivity contribution in [3.8, 4) is 11.8 Å². The number of hydrogen-bond donors (Lipinski definition) is 2. The molecule has 3 N–H and O–H groups in total. The number of benzene rings is 1. The number of nitrogens with one attached hydrogen (secondary N) is 1. The smallest absolute Gasteiger partial charge is 0.222 e. The molecule has 6 heteroatoms. The van der Waals surface area contributed by atoms with Gasteiger partial charge in [-0.1, -0.05) is 31.9 Å². The van der Waals surface area contributed by atoms with Crippen LogP contribution in [-0.4, -0.2) is 23.6 Å². The van der Waals surface area contributed by atoms with E-state index in [1.54, 1.807) is 7.11 Å². The maximum absolute atomic E-state index is 8.88. The summed E-state index contributed by atoms with van der Waals surface area (Å²) in [5.41, 5.74) is 9.69. The molecule has 26 heavy (non-hydrogen) atoms. The molecule has 1 aromatic heterocycles. The summed E-state index contributed by atoms with van der Waals surface area (Å²) in [6.45, 7) is 4.98. The van der Waals surface area contributed by atoms with Crippen LogP contribution in [0.25, 0.3) is 0 Å². The summed E-state index contributed by atoms with van der Waals surface area (Å²) < 4.78 is 5.53. The number of hydrogen-bond acceptors (Lipinski definition) is 6. The second kappa shape index (κ2) is 9.62. The lowest BCUT2D eigenvalue weighted by atomic mass is 10.0. The van der Waals surface area contributed by atoms with Gasteiger partial charge in [0.05, 0.1) is 19.6 Å². The summed E-state index contributed by atoms with van der Waals surface area (Å²) in [5, 5.41) is 12.3. The monoisotopic (exact) mass is 353 g/mol. The van der Waals surface area contributed by atoms with Gasteiger partial charge in [0.15, 0.2) is 0 Å². The number of nitrogens with zero attached hydrogens (tertiary/aromatic N) is 3. The Hall–Kier alpha value is -2.81. The Morgan fingerprint density at radius 2 is 2.08 bits per heavy atom. The van der Waals surface area contributed by atoms with Gasteiger partial charge in [-0.2, -0.15) is 10.2 Å². The summed E-state index contributed by atoms with van der Waals surface area (Å²) in [5.74, 6) is 1.83. The molecule has 0 aliphatic heterocycles. The number of unbranched alkanes of at least 4 members (excludes halogenated alkanes) is 2. The molecule has 1 aromatic carbocycles. The molecule has 2 rings (SSSR count). The molecule has 0 saturated carbocycles. The number of nitrogens with two attached hydrogens (primary N) is 1. The van der Waals surface area contributed by atoms with E-state index in [-0.39, 0.29) is 5.95 Å². The first-order valence-corrected chi connectivity index (χ1v) is 8.98. The van der Waals surface area contributed by atoms with Gasteiger partial charge in [-0.25, -0.2) is 4.98 Å². The molecule has 0 amide bonds. The molecule has 138 valence electrons. The number of ether oxygens (including phenoxy) is 1. The number of nitriles is 1. The molecule has 1 heterocycles. The Bertz CT molecular complexity index is 783. The summed E-state index contributed by atoms with van der Waals surface area (Å²) in [6, 6.07) is 8.04. The van der Waals surface area contributed by atoms with E-state index in [4.69, 9.17) is 15.7 Å². The van der Waals surface area contributed by atoms with Gasteiger partial charge in [0, 0.05) is 24.2 Å². The Morgan fingerprint density at radius 3 is 2.77 bits per heavy atom. The van der Waals surface area contributed by atoms with Crippen molar-refractivity contribution in [1.82, 2.24) is 9.97 Å². The van der Waals surface area contributed by atoms with E-state index in [2.05, 4.69) is 28.3 Å². The van der Waals surface area contributed by atoms with Crippen LogP contribution < -0.4 is 15.8 Å². The van der Waals surface area contributed by atoms with Crippen molar-refractivity contribution in [2.24, 2.45) is 0 Å². The second-order valence-corrected chi connectivity index (χ2v) is 6.29. The van der Waals surface area contributed by atoms with Crippen molar-refractivity contribution in [2.45, 2.75) is 46.0 Å². The van der Waals surface area contributed by atoms with Gasteiger partial charge in [0.2, 0.25) is 5.95 Å². The first-order valence-electron chi connectivity index (χ1n) is 8.98. The number of rotatable bonds is 9. The Kier molecular flexibility index (Phi) is 7.22. The van der Waals surface area contributed by atoms with Crippen molar-refractivity contribution in [1.29, 1.82) is 5.26 Å². The van der Waals surface area contributed by atoms with E-state index < -0.39 is 0 Å². The lowest BCUT2D eigenvalue weighted by molar-refractivity contribution is 0.410. The van der Waals surface area contributed by atoms with Crippen molar-refractivity contribution in [3.63, 3.8) is 0 Å². The van der Waals surface area contributed by atoms with Crippen LogP contribution in [0.5, 0.6) is 5.75 Å². The van der Waals surface area contributed by atoms with Crippen LogP contribution in [-0.2, 0) is 12.8 Å². The topological polar surface area (TPSA) is 96.9 Å². The maximum Gasteiger partial charge on any atom is 0.222 e. The highest BCUT2D eigenvalue weighted by molar-refractivity contribution is 5.53. The minimum Gasteiger partial charge on any atom is -0.496 e. The normalized spacial score (nSPS) is 10.4. The van der Waals surface area contributed by atoms with Crippen LogP contribution in [0.15, 0.2) is 18.2 Å². The highest BCUT2D eigenvalue weighted by Gasteiger charge is 2.14. The Labute approximate surface area is 155 Å². The van der Waals surface area contributed by atoms with Gasteiger partial charge in [-0.3, -0.25) is 0 Å². The largest absolute Gasteiger partial charge is 0.496 e. The summed E-state index contributed by atoms with van der Waals surface area (Å²) in [7, 11) is 1.64. The van der Waals surface area contributed by atoms with Crippen LogP contribution >= 0.6 is 0 Å². The summed E-state index contributed by atoms with van der Waals surface area (Å²) >= 11 is 0. The predicted octanol–water partition coefficient (Wildman–Crippen LogP) is 3.63. The minimum absolute atomic E-state index is 0.278. The minimum atomic E-state index is 0.278. The molecule has 0 aliphatic rings. The first-order chi connectivity index (χ1) is 12.6. The zero-order chi connectivity index (χ0) is 18.9. The fourth-order valence-corrected chi connectivity index (χ4v) is 2.88. The fraction of sp³-hybridized carbons (Fsp3) is 0.450. The summed E-state index contributed by atoms with van der Waals surface area (Å²) in [6.07, 6.45) is 4.44. The van der Waals surface area contributed by atoms with Crippen LogP contribution in [0.3, 0.4) is 0 Å². The molecule has 0 fully saturated rings. The fourth-order valence-electron chi connectivity index (χ4n) is 2.88. The van der Waals surface area contributed by atoms with Gasteiger partial charge in [-0.15, -0.1) is 0 Å². The average molecular weight is 353 g/mol. The highest BCUT2D eigenvalue weighted by Crippen LogP contribution is 2.27. The van der Waals surface area contributed by atoms with E-state index in [0.717, 1.165) is 46.9 Å². The van der Waals surface area contributed by atoms with Crippen molar-refractivity contribution in [2.75, 3.05) is 24.7 Å². The lowest BCUT2D eigenvalue weighted by Gasteiger charge is -2.16. The lowest BCUT2D eigenvalue weighted by Crippen LogP contribution is -2.12. The number of aromatic nitrogens is 2. The average Bonchev–Trinajstić information content (AvgIpc) is 2.62. The van der Waals surface area contributed by atoms with Crippen molar-refractivity contribution in [3.05, 3.63) is 40.6 Å². The van der Waals surface area contributed by atoms with Gasteiger partial charge in [-0.05, 0) is 30.5 Å². The Morgan fingerprint density at radius 1 is 1.27 bits per heavy atom. The second-order valence-electron chi connectivity index (χ2n) is 6.29.